The molecule has 0 bridgehead atoms. The van der Waals surface area contributed by atoms with E-state index in [-0.39, 0.29) is 5.82 Å². The Morgan fingerprint density at radius 3 is 3.12 bits per heavy atom. The zero-order valence-corrected chi connectivity index (χ0v) is 9.82. The Balaban J connectivity index is 1.82. The van der Waals surface area contributed by atoms with Crippen LogP contribution in [0, 0.1) is 17.7 Å². The van der Waals surface area contributed by atoms with Crippen LogP contribution in [0.3, 0.4) is 0 Å². The largest absolute Gasteiger partial charge is 0.316 e. The van der Waals surface area contributed by atoms with Gasteiger partial charge in [0.05, 0.1) is 6.20 Å². The minimum Gasteiger partial charge on any atom is -0.316 e. The van der Waals surface area contributed by atoms with E-state index >= 15 is 0 Å². The van der Waals surface area contributed by atoms with Crippen LogP contribution in [0.25, 0.3) is 5.57 Å². The minimum absolute atomic E-state index is 0.243. The number of rotatable bonds is 1. The molecule has 90 valence electrons. The molecule has 0 spiro atoms. The summed E-state index contributed by atoms with van der Waals surface area (Å²) in [4.78, 5) is 3.93. The summed E-state index contributed by atoms with van der Waals surface area (Å²) in [7, 11) is 0. The summed E-state index contributed by atoms with van der Waals surface area (Å²) >= 11 is 0. The molecule has 1 aliphatic carbocycles. The standard InChI is InChI=1S/C14H17FN2/c15-14-6-13(8-17-9-14)11-2-1-10-3-4-16-7-12(10)5-11/h2,6,8-10,12,16H,1,3-5,7H2. The van der Waals surface area contributed by atoms with E-state index < -0.39 is 0 Å². The number of hydrogen-bond acceptors (Lipinski definition) is 2. The van der Waals surface area contributed by atoms with Gasteiger partial charge in [-0.1, -0.05) is 6.08 Å². The molecule has 1 saturated heterocycles. The lowest BCUT2D eigenvalue weighted by Crippen LogP contribution is -2.37. The molecule has 0 amide bonds. The molecule has 1 N–H and O–H groups in total. The Morgan fingerprint density at radius 2 is 2.24 bits per heavy atom. The maximum atomic E-state index is 13.2. The van der Waals surface area contributed by atoms with E-state index in [2.05, 4.69) is 16.4 Å². The number of nitrogens with one attached hydrogen (secondary N) is 1. The topological polar surface area (TPSA) is 24.9 Å². The molecule has 0 radical (unpaired) electrons. The van der Waals surface area contributed by atoms with E-state index in [0.29, 0.717) is 5.92 Å². The van der Waals surface area contributed by atoms with Crippen LogP contribution < -0.4 is 5.32 Å². The van der Waals surface area contributed by atoms with Crippen molar-refractivity contribution in [2.75, 3.05) is 13.1 Å². The van der Waals surface area contributed by atoms with Gasteiger partial charge in [0.2, 0.25) is 0 Å². The highest BCUT2D eigenvalue weighted by atomic mass is 19.1. The van der Waals surface area contributed by atoms with Gasteiger partial charge in [-0.25, -0.2) is 4.39 Å². The van der Waals surface area contributed by atoms with Crippen LogP contribution in [0.4, 0.5) is 4.39 Å². The maximum Gasteiger partial charge on any atom is 0.142 e. The first kappa shape index (κ1) is 10.9. The molecule has 1 fully saturated rings. The highest BCUT2D eigenvalue weighted by molar-refractivity contribution is 5.65. The van der Waals surface area contributed by atoms with Gasteiger partial charge in [0.15, 0.2) is 0 Å². The predicted octanol–water partition coefficient (Wildman–Crippen LogP) is 2.62. The van der Waals surface area contributed by atoms with Gasteiger partial charge in [-0.2, -0.15) is 0 Å². The SMILES string of the molecule is Fc1cncc(C2=CCC3CCNCC3C2)c1. The van der Waals surface area contributed by atoms with Gasteiger partial charge in [-0.3, -0.25) is 4.98 Å². The van der Waals surface area contributed by atoms with Crippen molar-refractivity contribution in [3.63, 3.8) is 0 Å². The summed E-state index contributed by atoms with van der Waals surface area (Å²) in [5.74, 6) is 1.29. The summed E-state index contributed by atoms with van der Waals surface area (Å²) in [6.45, 7) is 2.25. The number of allylic oxidation sites excluding steroid dienone is 2. The Kier molecular flexibility index (Phi) is 2.93. The molecule has 3 rings (SSSR count). The van der Waals surface area contributed by atoms with Gasteiger partial charge in [0, 0.05) is 6.20 Å². The van der Waals surface area contributed by atoms with Crippen molar-refractivity contribution >= 4 is 5.57 Å². The van der Waals surface area contributed by atoms with Crippen molar-refractivity contribution in [3.8, 4) is 0 Å². The lowest BCUT2D eigenvalue weighted by Gasteiger charge is -2.35. The monoisotopic (exact) mass is 232 g/mol. The summed E-state index contributed by atoms with van der Waals surface area (Å²) in [5, 5.41) is 3.45. The molecule has 2 atom stereocenters. The van der Waals surface area contributed by atoms with E-state index in [1.807, 2.05) is 0 Å². The van der Waals surface area contributed by atoms with Crippen LogP contribution in [-0.2, 0) is 0 Å². The Labute approximate surface area is 101 Å². The van der Waals surface area contributed by atoms with Gasteiger partial charge < -0.3 is 5.32 Å². The number of aromatic nitrogens is 1. The molecular formula is C14H17FN2. The van der Waals surface area contributed by atoms with E-state index in [9.17, 15) is 4.39 Å². The fourth-order valence-electron chi connectivity index (χ4n) is 3.01. The molecule has 2 heterocycles. The molecule has 2 nitrogen and oxygen atoms in total. The molecule has 17 heavy (non-hydrogen) atoms. The highest BCUT2D eigenvalue weighted by Crippen LogP contribution is 2.37. The maximum absolute atomic E-state index is 13.2. The number of pyridine rings is 1. The molecule has 0 saturated carbocycles. The van der Waals surface area contributed by atoms with Gasteiger partial charge in [0.1, 0.15) is 5.82 Å². The second-order valence-electron chi connectivity index (χ2n) is 5.07. The van der Waals surface area contributed by atoms with E-state index in [1.54, 1.807) is 12.3 Å². The quantitative estimate of drug-likeness (QED) is 0.805. The van der Waals surface area contributed by atoms with Crippen molar-refractivity contribution in [3.05, 3.63) is 35.9 Å². The van der Waals surface area contributed by atoms with Crippen LogP contribution in [0.5, 0.6) is 0 Å². The van der Waals surface area contributed by atoms with Crippen LogP contribution >= 0.6 is 0 Å². The van der Waals surface area contributed by atoms with Crippen LogP contribution in [0.1, 0.15) is 24.8 Å². The molecule has 2 unspecified atom stereocenters. The first-order valence-electron chi connectivity index (χ1n) is 6.33. The number of fused-ring (bicyclic) bond motifs is 1. The first-order valence-corrected chi connectivity index (χ1v) is 6.33. The average molecular weight is 232 g/mol. The molecule has 1 aliphatic heterocycles. The fourth-order valence-corrected chi connectivity index (χ4v) is 3.01. The fraction of sp³-hybridized carbons (Fsp3) is 0.500. The van der Waals surface area contributed by atoms with E-state index in [1.165, 1.54) is 18.2 Å². The summed E-state index contributed by atoms with van der Waals surface area (Å²) in [5.41, 5.74) is 2.22. The third kappa shape index (κ3) is 2.25. The normalized spacial score (nSPS) is 28.4. The predicted molar refractivity (Wildman–Crippen MR) is 65.9 cm³/mol. The number of hydrogen-bond donors (Lipinski definition) is 1. The Bertz CT molecular complexity index is 442. The lowest BCUT2D eigenvalue weighted by atomic mass is 9.75. The molecule has 3 heteroatoms. The Morgan fingerprint density at radius 1 is 1.29 bits per heavy atom. The number of piperidine rings is 1. The summed E-state index contributed by atoms with van der Waals surface area (Å²) < 4.78 is 13.2. The van der Waals surface area contributed by atoms with Gasteiger partial charge in [-0.15, -0.1) is 0 Å². The van der Waals surface area contributed by atoms with Gasteiger partial charge in [-0.05, 0) is 61.4 Å². The van der Waals surface area contributed by atoms with Gasteiger partial charge >= 0.3 is 0 Å². The summed E-state index contributed by atoms with van der Waals surface area (Å²) in [6, 6.07) is 1.59. The molecule has 1 aromatic heterocycles. The van der Waals surface area contributed by atoms with E-state index in [0.717, 1.165) is 37.4 Å². The van der Waals surface area contributed by atoms with Crippen LogP contribution in [0.15, 0.2) is 24.5 Å². The van der Waals surface area contributed by atoms with Crippen molar-refractivity contribution in [2.45, 2.75) is 19.3 Å². The third-order valence-corrected chi connectivity index (χ3v) is 3.99. The second-order valence-corrected chi connectivity index (χ2v) is 5.07. The lowest BCUT2D eigenvalue weighted by molar-refractivity contribution is 0.252. The van der Waals surface area contributed by atoms with E-state index in [4.69, 9.17) is 0 Å². The zero-order valence-electron chi connectivity index (χ0n) is 9.82. The number of halogens is 1. The van der Waals surface area contributed by atoms with Crippen molar-refractivity contribution in [1.82, 2.24) is 10.3 Å². The van der Waals surface area contributed by atoms with Gasteiger partial charge in [0.25, 0.3) is 0 Å². The molecule has 1 aromatic rings. The molecule has 0 aromatic carbocycles. The van der Waals surface area contributed by atoms with Crippen molar-refractivity contribution < 1.29 is 4.39 Å². The smallest absolute Gasteiger partial charge is 0.142 e. The average Bonchev–Trinajstić information content (AvgIpc) is 2.38. The Hall–Kier alpha value is -1.22. The minimum atomic E-state index is -0.243. The first-order chi connectivity index (χ1) is 8.33. The number of nitrogens with zero attached hydrogens (tertiary/aromatic N) is 1. The van der Waals surface area contributed by atoms with Crippen molar-refractivity contribution in [1.29, 1.82) is 0 Å². The third-order valence-electron chi connectivity index (χ3n) is 3.99. The van der Waals surface area contributed by atoms with Crippen LogP contribution in [-0.4, -0.2) is 18.1 Å². The van der Waals surface area contributed by atoms with Crippen molar-refractivity contribution in [2.24, 2.45) is 11.8 Å². The summed E-state index contributed by atoms with van der Waals surface area (Å²) in [6.07, 6.45) is 8.78. The van der Waals surface area contributed by atoms with Crippen LogP contribution in [0.2, 0.25) is 0 Å². The second kappa shape index (κ2) is 4.57. The molecule has 2 aliphatic rings. The zero-order chi connectivity index (χ0) is 11.7. The highest BCUT2D eigenvalue weighted by Gasteiger charge is 2.28. The molecular weight excluding hydrogens is 215 g/mol.